The van der Waals surface area contributed by atoms with Crippen molar-refractivity contribution >= 4 is 23.3 Å². The standard InChI is InChI=1S/C22H28ClN3O/c1-3-20(17-10-12-19(23)13-11-17)24-22(27)25(2)16-18-8-4-5-9-21(18)26-14-6-7-15-26/h4-5,8-13,20H,3,6-7,14-16H2,1-2H3,(H,24,27). The SMILES string of the molecule is CCC(NC(=O)N(C)Cc1ccccc1N1CCCC1)c1ccc(Cl)cc1. The molecule has 1 aliphatic heterocycles. The number of carbonyl (C=O) groups is 1. The molecule has 1 aliphatic rings. The maximum atomic E-state index is 12.8. The van der Waals surface area contributed by atoms with Gasteiger partial charge in [0, 0.05) is 37.4 Å². The lowest BCUT2D eigenvalue weighted by Gasteiger charge is -2.26. The highest BCUT2D eigenvalue weighted by molar-refractivity contribution is 6.30. The molecule has 0 radical (unpaired) electrons. The number of amides is 2. The Morgan fingerprint density at radius 3 is 2.48 bits per heavy atom. The number of halogens is 1. The molecule has 2 aromatic rings. The second kappa shape index (κ2) is 9.14. The first-order chi connectivity index (χ1) is 13.1. The van der Waals surface area contributed by atoms with Crippen LogP contribution < -0.4 is 10.2 Å². The average molecular weight is 386 g/mol. The first kappa shape index (κ1) is 19.6. The Morgan fingerprint density at radius 1 is 1.15 bits per heavy atom. The van der Waals surface area contributed by atoms with Crippen LogP contribution in [0.2, 0.25) is 5.02 Å². The molecule has 0 aromatic heterocycles. The monoisotopic (exact) mass is 385 g/mol. The van der Waals surface area contributed by atoms with E-state index in [1.807, 2.05) is 37.4 Å². The highest BCUT2D eigenvalue weighted by Crippen LogP contribution is 2.26. The van der Waals surface area contributed by atoms with Crippen LogP contribution in [-0.2, 0) is 6.54 Å². The van der Waals surface area contributed by atoms with Crippen LogP contribution in [0.4, 0.5) is 10.5 Å². The molecule has 1 heterocycles. The summed E-state index contributed by atoms with van der Waals surface area (Å²) >= 11 is 5.98. The topological polar surface area (TPSA) is 35.6 Å². The predicted molar refractivity (Wildman–Crippen MR) is 112 cm³/mol. The number of para-hydroxylation sites is 1. The van der Waals surface area contributed by atoms with Gasteiger partial charge in [-0.2, -0.15) is 0 Å². The Kier molecular flexibility index (Phi) is 6.62. The lowest BCUT2D eigenvalue weighted by Crippen LogP contribution is -2.39. The minimum atomic E-state index is -0.0620. The summed E-state index contributed by atoms with van der Waals surface area (Å²) in [6.45, 7) is 4.86. The molecule has 1 saturated heterocycles. The van der Waals surface area contributed by atoms with E-state index in [0.717, 1.165) is 25.1 Å². The molecule has 0 spiro atoms. The van der Waals surface area contributed by atoms with Crippen molar-refractivity contribution in [2.75, 3.05) is 25.0 Å². The molecule has 3 rings (SSSR count). The van der Waals surface area contributed by atoms with Crippen LogP contribution in [0.15, 0.2) is 48.5 Å². The van der Waals surface area contributed by atoms with Gasteiger partial charge in [-0.15, -0.1) is 0 Å². The molecule has 5 heteroatoms. The summed E-state index contributed by atoms with van der Waals surface area (Å²) in [7, 11) is 1.85. The van der Waals surface area contributed by atoms with Crippen LogP contribution in [0.25, 0.3) is 0 Å². The lowest BCUT2D eigenvalue weighted by atomic mass is 10.1. The van der Waals surface area contributed by atoms with Gasteiger partial charge in [-0.05, 0) is 48.6 Å². The third-order valence-corrected chi connectivity index (χ3v) is 5.42. The van der Waals surface area contributed by atoms with E-state index >= 15 is 0 Å². The van der Waals surface area contributed by atoms with Gasteiger partial charge in [0.25, 0.3) is 0 Å². The van der Waals surface area contributed by atoms with Crippen LogP contribution in [0.3, 0.4) is 0 Å². The molecule has 1 N–H and O–H groups in total. The Bertz CT molecular complexity index is 756. The third-order valence-electron chi connectivity index (χ3n) is 5.17. The van der Waals surface area contributed by atoms with E-state index in [1.165, 1.54) is 24.1 Å². The van der Waals surface area contributed by atoms with Gasteiger partial charge in [0.2, 0.25) is 0 Å². The number of rotatable bonds is 6. The summed E-state index contributed by atoms with van der Waals surface area (Å²) in [5.41, 5.74) is 3.51. The molecule has 27 heavy (non-hydrogen) atoms. The predicted octanol–water partition coefficient (Wildman–Crippen LogP) is 5.23. The first-order valence-corrected chi connectivity index (χ1v) is 10.1. The second-order valence-electron chi connectivity index (χ2n) is 7.14. The summed E-state index contributed by atoms with van der Waals surface area (Å²) in [5.74, 6) is 0. The Morgan fingerprint density at radius 2 is 1.81 bits per heavy atom. The van der Waals surface area contributed by atoms with Crippen molar-refractivity contribution < 1.29 is 4.79 Å². The Hall–Kier alpha value is -2.20. The van der Waals surface area contributed by atoms with Crippen LogP contribution in [0.1, 0.15) is 43.4 Å². The van der Waals surface area contributed by atoms with Gasteiger partial charge in [-0.3, -0.25) is 0 Å². The van der Waals surface area contributed by atoms with E-state index in [-0.39, 0.29) is 12.1 Å². The van der Waals surface area contributed by atoms with Crippen molar-refractivity contribution in [2.45, 2.75) is 38.8 Å². The fraction of sp³-hybridized carbons (Fsp3) is 0.409. The van der Waals surface area contributed by atoms with Gasteiger partial charge in [0.1, 0.15) is 0 Å². The van der Waals surface area contributed by atoms with Crippen LogP contribution in [-0.4, -0.2) is 31.1 Å². The van der Waals surface area contributed by atoms with Gasteiger partial charge >= 0.3 is 6.03 Å². The van der Waals surface area contributed by atoms with Crippen LogP contribution in [0.5, 0.6) is 0 Å². The normalized spacial score (nSPS) is 14.9. The van der Waals surface area contributed by atoms with Crippen molar-refractivity contribution in [1.29, 1.82) is 0 Å². The van der Waals surface area contributed by atoms with E-state index in [4.69, 9.17) is 11.6 Å². The largest absolute Gasteiger partial charge is 0.371 e. The number of hydrogen-bond acceptors (Lipinski definition) is 2. The Balaban J connectivity index is 1.66. The number of nitrogens with one attached hydrogen (secondary N) is 1. The highest BCUT2D eigenvalue weighted by Gasteiger charge is 2.19. The summed E-state index contributed by atoms with van der Waals surface area (Å²) < 4.78 is 0. The third kappa shape index (κ3) is 4.95. The number of nitrogens with zero attached hydrogens (tertiary/aromatic N) is 2. The second-order valence-corrected chi connectivity index (χ2v) is 7.58. The van der Waals surface area contributed by atoms with E-state index in [1.54, 1.807) is 4.90 Å². The molecule has 0 aliphatic carbocycles. The molecule has 1 unspecified atom stereocenters. The Labute approximate surface area is 167 Å². The molecule has 144 valence electrons. The number of benzene rings is 2. The minimum absolute atomic E-state index is 0.0222. The molecular weight excluding hydrogens is 358 g/mol. The molecule has 1 atom stereocenters. The van der Waals surface area contributed by atoms with Gasteiger partial charge in [0.15, 0.2) is 0 Å². The van der Waals surface area contributed by atoms with Gasteiger partial charge < -0.3 is 15.1 Å². The summed E-state index contributed by atoms with van der Waals surface area (Å²) in [6, 6.07) is 16.0. The lowest BCUT2D eigenvalue weighted by molar-refractivity contribution is 0.202. The van der Waals surface area contributed by atoms with E-state index in [2.05, 4.69) is 35.3 Å². The zero-order valence-corrected chi connectivity index (χ0v) is 16.9. The van der Waals surface area contributed by atoms with Crippen molar-refractivity contribution in [3.63, 3.8) is 0 Å². The average Bonchev–Trinajstić information content (AvgIpc) is 3.21. The van der Waals surface area contributed by atoms with Gasteiger partial charge in [-0.25, -0.2) is 4.79 Å². The zero-order chi connectivity index (χ0) is 19.2. The fourth-order valence-electron chi connectivity index (χ4n) is 3.61. The zero-order valence-electron chi connectivity index (χ0n) is 16.1. The van der Waals surface area contributed by atoms with Crippen LogP contribution in [0, 0.1) is 0 Å². The number of anilines is 1. The first-order valence-electron chi connectivity index (χ1n) is 9.68. The fourth-order valence-corrected chi connectivity index (χ4v) is 3.74. The van der Waals surface area contributed by atoms with Crippen molar-refractivity contribution in [1.82, 2.24) is 10.2 Å². The molecule has 2 aromatic carbocycles. The number of hydrogen-bond donors (Lipinski definition) is 1. The quantitative estimate of drug-likeness (QED) is 0.738. The molecule has 0 saturated carbocycles. The summed E-state index contributed by atoms with van der Waals surface area (Å²) in [5, 5.41) is 3.85. The van der Waals surface area contributed by atoms with Crippen molar-refractivity contribution in [2.24, 2.45) is 0 Å². The van der Waals surface area contributed by atoms with Crippen molar-refractivity contribution in [3.8, 4) is 0 Å². The van der Waals surface area contributed by atoms with Crippen molar-refractivity contribution in [3.05, 3.63) is 64.7 Å². The maximum Gasteiger partial charge on any atom is 0.317 e. The van der Waals surface area contributed by atoms with Gasteiger partial charge in [-0.1, -0.05) is 48.9 Å². The van der Waals surface area contributed by atoms with E-state index in [9.17, 15) is 4.79 Å². The number of urea groups is 1. The number of carbonyl (C=O) groups excluding carboxylic acids is 1. The molecule has 0 bridgehead atoms. The molecule has 4 nitrogen and oxygen atoms in total. The van der Waals surface area contributed by atoms with E-state index < -0.39 is 0 Å². The smallest absolute Gasteiger partial charge is 0.317 e. The van der Waals surface area contributed by atoms with E-state index in [0.29, 0.717) is 11.6 Å². The van der Waals surface area contributed by atoms with Gasteiger partial charge in [0.05, 0.1) is 6.04 Å². The molecule has 2 amide bonds. The molecule has 1 fully saturated rings. The summed E-state index contributed by atoms with van der Waals surface area (Å²) in [4.78, 5) is 16.9. The maximum absolute atomic E-state index is 12.8. The summed E-state index contributed by atoms with van der Waals surface area (Å²) in [6.07, 6.45) is 3.31. The highest BCUT2D eigenvalue weighted by atomic mass is 35.5. The molecular formula is C22H28ClN3O. The van der Waals surface area contributed by atoms with Crippen LogP contribution >= 0.6 is 11.6 Å². The minimum Gasteiger partial charge on any atom is -0.371 e.